The Kier molecular flexibility index (Phi) is 8.79. The van der Waals surface area contributed by atoms with Gasteiger partial charge in [-0.2, -0.15) is 0 Å². The molecule has 0 aliphatic carbocycles. The van der Waals surface area contributed by atoms with Gasteiger partial charge in [-0.1, -0.05) is 37.3 Å². The number of benzene rings is 3. The summed E-state index contributed by atoms with van der Waals surface area (Å²) in [6, 6.07) is 19.6. The van der Waals surface area contributed by atoms with Crippen LogP contribution in [0, 0.1) is 12.7 Å². The van der Waals surface area contributed by atoms with Gasteiger partial charge in [0.05, 0.1) is 0 Å². The normalized spacial score (nSPS) is 16.2. The molecule has 0 radical (unpaired) electrons. The number of amides is 2. The Morgan fingerprint density at radius 1 is 1.11 bits per heavy atom. The first-order valence-corrected chi connectivity index (χ1v) is 12.9. The number of hydrogen-bond acceptors (Lipinski definition) is 4. The van der Waals surface area contributed by atoms with E-state index in [1.165, 1.54) is 17.0 Å². The molecule has 0 saturated carbocycles. The maximum absolute atomic E-state index is 14.0. The van der Waals surface area contributed by atoms with Crippen molar-refractivity contribution in [2.75, 3.05) is 30.4 Å². The van der Waals surface area contributed by atoms with Gasteiger partial charge in [-0.25, -0.2) is 4.39 Å². The number of halogens is 2. The molecule has 0 spiro atoms. The average Bonchev–Trinajstić information content (AvgIpc) is 2.93. The summed E-state index contributed by atoms with van der Waals surface area (Å²) in [5, 5.41) is 3.41. The molecule has 4 rings (SSSR count). The van der Waals surface area contributed by atoms with Crippen LogP contribution in [0.5, 0.6) is 11.5 Å². The summed E-state index contributed by atoms with van der Waals surface area (Å²) in [5.41, 5.74) is 1.79. The van der Waals surface area contributed by atoms with Crippen LogP contribution in [0.2, 0.25) is 0 Å². The lowest BCUT2D eigenvalue weighted by Crippen LogP contribution is -2.55. The number of piperazine rings is 1. The van der Waals surface area contributed by atoms with E-state index in [1.807, 2.05) is 43.3 Å². The van der Waals surface area contributed by atoms with Crippen LogP contribution in [0.15, 0.2) is 72.8 Å². The van der Waals surface area contributed by atoms with Crippen LogP contribution >= 0.6 is 11.6 Å². The Labute approximate surface area is 222 Å². The largest absolute Gasteiger partial charge is 0.457 e. The predicted molar refractivity (Wildman–Crippen MR) is 144 cm³/mol. The molecule has 1 N–H and O–H groups in total. The zero-order valence-electron chi connectivity index (χ0n) is 21.0. The third-order valence-electron chi connectivity index (χ3n) is 6.53. The van der Waals surface area contributed by atoms with Crippen molar-refractivity contribution < 1.29 is 18.7 Å². The van der Waals surface area contributed by atoms with Crippen molar-refractivity contribution in [3.8, 4) is 11.5 Å². The minimum Gasteiger partial charge on any atom is -0.457 e. The van der Waals surface area contributed by atoms with E-state index in [2.05, 4.69) is 12.2 Å². The van der Waals surface area contributed by atoms with Crippen LogP contribution in [0.3, 0.4) is 0 Å². The fourth-order valence-corrected chi connectivity index (χ4v) is 4.72. The highest BCUT2D eigenvalue weighted by Crippen LogP contribution is 2.35. The number of alkyl halides is 1. The first kappa shape index (κ1) is 26.6. The molecular weight excluding hydrogens is 493 g/mol. The predicted octanol–water partition coefficient (Wildman–Crippen LogP) is 5.45. The fraction of sp³-hybridized carbons (Fsp3) is 0.310. The Balaban J connectivity index is 1.74. The first-order chi connectivity index (χ1) is 17.9. The number of aryl methyl sites for hydroxylation is 1. The van der Waals surface area contributed by atoms with Crippen LogP contribution in [0.4, 0.5) is 10.1 Å². The molecule has 0 unspecified atom stereocenters. The summed E-state index contributed by atoms with van der Waals surface area (Å²) in [7, 11) is 0. The monoisotopic (exact) mass is 523 g/mol. The summed E-state index contributed by atoms with van der Waals surface area (Å²) in [4.78, 5) is 30.6. The third kappa shape index (κ3) is 6.29. The van der Waals surface area contributed by atoms with Gasteiger partial charge in [-0.3, -0.25) is 14.5 Å². The van der Waals surface area contributed by atoms with Gasteiger partial charge in [0.25, 0.3) is 5.91 Å². The Bertz CT molecular complexity index is 1220. The molecule has 1 aliphatic rings. The molecule has 194 valence electrons. The quantitative estimate of drug-likeness (QED) is 0.399. The van der Waals surface area contributed by atoms with Crippen molar-refractivity contribution >= 4 is 29.1 Å². The lowest BCUT2D eigenvalue weighted by atomic mass is 10.00. The molecule has 0 bridgehead atoms. The van der Waals surface area contributed by atoms with E-state index in [1.54, 1.807) is 29.2 Å². The van der Waals surface area contributed by atoms with E-state index in [0.717, 1.165) is 12.0 Å². The molecule has 3 aromatic carbocycles. The maximum atomic E-state index is 14.0. The second-order valence-corrected chi connectivity index (χ2v) is 9.33. The van der Waals surface area contributed by atoms with E-state index >= 15 is 0 Å². The topological polar surface area (TPSA) is 61.9 Å². The van der Waals surface area contributed by atoms with E-state index in [4.69, 9.17) is 16.3 Å². The van der Waals surface area contributed by atoms with Crippen molar-refractivity contribution in [3.63, 3.8) is 0 Å². The summed E-state index contributed by atoms with van der Waals surface area (Å²) >= 11 is 6.07. The smallest absolute Gasteiger partial charge is 0.250 e. The number of carbonyl (C=O) groups is 2. The molecule has 1 fully saturated rings. The van der Waals surface area contributed by atoms with Gasteiger partial charge in [0, 0.05) is 31.4 Å². The highest BCUT2D eigenvalue weighted by molar-refractivity contribution is 6.30. The Morgan fingerprint density at radius 2 is 1.84 bits per heavy atom. The second kappa shape index (κ2) is 12.2. The van der Waals surface area contributed by atoms with Gasteiger partial charge in [0.1, 0.15) is 29.2 Å². The van der Waals surface area contributed by atoms with Crippen LogP contribution in [-0.2, 0) is 9.59 Å². The van der Waals surface area contributed by atoms with E-state index in [0.29, 0.717) is 42.4 Å². The Morgan fingerprint density at radius 3 is 2.49 bits per heavy atom. The minimum absolute atomic E-state index is 0.167. The number of anilines is 1. The molecule has 37 heavy (non-hydrogen) atoms. The number of para-hydroxylation sites is 1. The molecule has 2 amide bonds. The van der Waals surface area contributed by atoms with Crippen LogP contribution < -0.4 is 15.0 Å². The van der Waals surface area contributed by atoms with Crippen molar-refractivity contribution in [1.82, 2.24) is 10.2 Å². The van der Waals surface area contributed by atoms with Gasteiger partial charge in [0.2, 0.25) is 5.91 Å². The van der Waals surface area contributed by atoms with Crippen LogP contribution in [0.1, 0.15) is 30.5 Å². The molecule has 1 heterocycles. The van der Waals surface area contributed by atoms with Gasteiger partial charge in [0.15, 0.2) is 0 Å². The number of rotatable bonds is 8. The standard InChI is InChI=1S/C29H31ClFN3O3/c1-3-23-19-33(16-15-32-23)29(36)28(21-9-11-22(31)12-10-21)34(27(35)18-30)26-14-13-25(17-20(26)2)37-24-7-5-4-6-8-24/h4-14,17,23,28,32H,3,15-16,18-19H2,1-2H3/t23-,28-/m1/s1. The molecule has 1 aliphatic heterocycles. The van der Waals surface area contributed by atoms with Crippen molar-refractivity contribution in [3.05, 3.63) is 89.7 Å². The molecule has 2 atom stereocenters. The number of nitrogens with one attached hydrogen (secondary N) is 1. The molecular formula is C29H31ClFN3O3. The highest BCUT2D eigenvalue weighted by Gasteiger charge is 2.37. The summed E-state index contributed by atoms with van der Waals surface area (Å²) in [5.74, 6) is -0.0984. The van der Waals surface area contributed by atoms with Crippen LogP contribution in [0.25, 0.3) is 0 Å². The molecule has 6 nitrogen and oxygen atoms in total. The Hall–Kier alpha value is -3.42. The van der Waals surface area contributed by atoms with E-state index < -0.39 is 17.8 Å². The van der Waals surface area contributed by atoms with Crippen molar-refractivity contribution in [2.24, 2.45) is 0 Å². The molecule has 1 saturated heterocycles. The number of carbonyl (C=O) groups excluding carboxylic acids is 2. The van der Waals surface area contributed by atoms with Crippen molar-refractivity contribution in [2.45, 2.75) is 32.4 Å². The SMILES string of the molecule is CC[C@@H]1CN(C(=O)[C@@H](c2ccc(F)cc2)N(C(=O)CCl)c2ccc(Oc3ccccc3)cc2C)CCN1. The lowest BCUT2D eigenvalue weighted by Gasteiger charge is -2.39. The number of nitrogens with zero attached hydrogens (tertiary/aromatic N) is 2. The third-order valence-corrected chi connectivity index (χ3v) is 6.76. The molecule has 3 aromatic rings. The van der Waals surface area contributed by atoms with E-state index in [-0.39, 0.29) is 17.8 Å². The summed E-state index contributed by atoms with van der Waals surface area (Å²) < 4.78 is 19.8. The fourth-order valence-electron chi connectivity index (χ4n) is 4.59. The average molecular weight is 524 g/mol. The summed E-state index contributed by atoms with van der Waals surface area (Å²) in [6.07, 6.45) is 0.872. The van der Waals surface area contributed by atoms with Crippen LogP contribution in [-0.4, -0.2) is 48.3 Å². The number of ether oxygens (including phenoxy) is 1. The van der Waals surface area contributed by atoms with Gasteiger partial charge < -0.3 is 15.0 Å². The zero-order valence-corrected chi connectivity index (χ0v) is 21.7. The van der Waals surface area contributed by atoms with Gasteiger partial charge >= 0.3 is 0 Å². The highest BCUT2D eigenvalue weighted by atomic mass is 35.5. The van der Waals surface area contributed by atoms with Gasteiger partial charge in [-0.05, 0) is 66.9 Å². The molecule has 0 aromatic heterocycles. The maximum Gasteiger partial charge on any atom is 0.250 e. The van der Waals surface area contributed by atoms with Crippen molar-refractivity contribution in [1.29, 1.82) is 0 Å². The molecule has 8 heteroatoms. The second-order valence-electron chi connectivity index (χ2n) is 9.06. The minimum atomic E-state index is -0.998. The first-order valence-electron chi connectivity index (χ1n) is 12.4. The van der Waals surface area contributed by atoms with Gasteiger partial charge in [-0.15, -0.1) is 11.6 Å². The zero-order chi connectivity index (χ0) is 26.4. The summed E-state index contributed by atoms with van der Waals surface area (Å²) in [6.45, 7) is 5.62. The van der Waals surface area contributed by atoms with E-state index in [9.17, 15) is 14.0 Å². The lowest BCUT2D eigenvalue weighted by molar-refractivity contribution is -0.135. The number of hydrogen-bond donors (Lipinski definition) is 1.